The van der Waals surface area contributed by atoms with E-state index in [1.54, 1.807) is 13.0 Å². The molecular formula is C8H12O2. The van der Waals surface area contributed by atoms with Crippen LogP contribution in [0.5, 0.6) is 0 Å². The molecule has 2 nitrogen and oxygen atoms in total. The van der Waals surface area contributed by atoms with Crippen LogP contribution in [0.3, 0.4) is 0 Å². The van der Waals surface area contributed by atoms with Crippen molar-refractivity contribution in [3.05, 3.63) is 12.2 Å². The fraction of sp³-hybridized carbons (Fsp3) is 0.625. The first kappa shape index (κ1) is 7.48. The van der Waals surface area contributed by atoms with Crippen LogP contribution in [0, 0.1) is 0 Å². The summed E-state index contributed by atoms with van der Waals surface area (Å²) in [6.45, 7) is 2.47. The van der Waals surface area contributed by atoms with Crippen LogP contribution >= 0.6 is 0 Å². The van der Waals surface area contributed by atoms with Gasteiger partial charge in [-0.3, -0.25) is 4.79 Å². The summed E-state index contributed by atoms with van der Waals surface area (Å²) in [6.07, 6.45) is 6.03. The highest BCUT2D eigenvalue weighted by Crippen LogP contribution is 2.15. The second-order valence-corrected chi connectivity index (χ2v) is 2.55. The minimum Gasteiger partial charge on any atom is -0.373 e. The van der Waals surface area contributed by atoms with Crippen molar-refractivity contribution in [3.8, 4) is 0 Å². The predicted molar refractivity (Wildman–Crippen MR) is 38.8 cm³/mol. The second-order valence-electron chi connectivity index (χ2n) is 2.55. The molecule has 1 unspecified atom stereocenters. The molecule has 1 atom stereocenters. The van der Waals surface area contributed by atoms with Gasteiger partial charge in [-0.1, -0.05) is 6.08 Å². The smallest absolute Gasteiger partial charge is 0.152 e. The Hall–Kier alpha value is -0.630. The lowest BCUT2D eigenvalue weighted by molar-refractivity contribution is -0.112. The van der Waals surface area contributed by atoms with E-state index < -0.39 is 0 Å². The maximum atomic E-state index is 10.4. The molecule has 0 radical (unpaired) electrons. The number of hydrogen-bond donors (Lipinski definition) is 0. The van der Waals surface area contributed by atoms with E-state index in [0.29, 0.717) is 6.10 Å². The van der Waals surface area contributed by atoms with Gasteiger partial charge in [0.1, 0.15) is 0 Å². The van der Waals surface area contributed by atoms with Gasteiger partial charge in [0.05, 0.1) is 12.7 Å². The molecule has 1 rings (SSSR count). The fourth-order valence-corrected chi connectivity index (χ4v) is 0.766. The number of hydrogen-bond acceptors (Lipinski definition) is 2. The lowest BCUT2D eigenvalue weighted by atomic mass is 10.2. The number of carbonyl (C=O) groups is 1. The summed E-state index contributed by atoms with van der Waals surface area (Å²) in [5.41, 5.74) is 0. The first-order chi connectivity index (χ1) is 4.79. The molecule has 0 amide bonds. The second kappa shape index (κ2) is 3.52. The minimum absolute atomic E-state index is 0.122. The lowest BCUT2D eigenvalue weighted by Crippen LogP contribution is -1.83. The first-order valence-corrected chi connectivity index (χ1v) is 3.58. The molecule has 10 heavy (non-hydrogen) atoms. The Kier molecular flexibility index (Phi) is 2.63. The molecule has 0 N–H and O–H groups in total. The maximum absolute atomic E-state index is 10.4. The zero-order valence-electron chi connectivity index (χ0n) is 6.17. The van der Waals surface area contributed by atoms with Gasteiger partial charge >= 0.3 is 0 Å². The molecule has 0 aliphatic carbocycles. The number of epoxide rings is 1. The van der Waals surface area contributed by atoms with Gasteiger partial charge in [-0.05, 0) is 25.8 Å². The zero-order valence-corrected chi connectivity index (χ0v) is 6.17. The van der Waals surface area contributed by atoms with Gasteiger partial charge in [0.2, 0.25) is 0 Å². The Labute approximate surface area is 60.9 Å². The molecule has 0 aromatic rings. The summed E-state index contributed by atoms with van der Waals surface area (Å²) in [5, 5.41) is 0. The minimum atomic E-state index is 0.122. The Morgan fingerprint density at radius 2 is 2.50 bits per heavy atom. The lowest BCUT2D eigenvalue weighted by Gasteiger charge is -1.85. The number of ether oxygens (including phenoxy) is 1. The third kappa shape index (κ3) is 3.41. The highest BCUT2D eigenvalue weighted by Gasteiger charge is 2.20. The Morgan fingerprint density at radius 3 is 3.00 bits per heavy atom. The van der Waals surface area contributed by atoms with E-state index in [-0.39, 0.29) is 5.78 Å². The molecule has 1 saturated heterocycles. The van der Waals surface area contributed by atoms with Crippen molar-refractivity contribution in [1.29, 1.82) is 0 Å². The molecule has 0 aromatic carbocycles. The summed E-state index contributed by atoms with van der Waals surface area (Å²) in [5.74, 6) is 0.122. The van der Waals surface area contributed by atoms with E-state index in [4.69, 9.17) is 4.74 Å². The van der Waals surface area contributed by atoms with Crippen molar-refractivity contribution in [3.63, 3.8) is 0 Å². The van der Waals surface area contributed by atoms with Crippen molar-refractivity contribution in [2.75, 3.05) is 6.61 Å². The Balaban J connectivity index is 1.97. The summed E-state index contributed by atoms with van der Waals surface area (Å²) in [6, 6.07) is 0. The van der Waals surface area contributed by atoms with Crippen molar-refractivity contribution < 1.29 is 9.53 Å². The Bertz CT molecular complexity index is 145. The molecule has 1 heterocycles. The molecule has 1 fully saturated rings. The quantitative estimate of drug-likeness (QED) is 0.435. The van der Waals surface area contributed by atoms with E-state index in [2.05, 4.69) is 0 Å². The zero-order chi connectivity index (χ0) is 7.40. The van der Waals surface area contributed by atoms with Crippen molar-refractivity contribution in [2.24, 2.45) is 0 Å². The first-order valence-electron chi connectivity index (χ1n) is 3.58. The molecule has 0 bridgehead atoms. The van der Waals surface area contributed by atoms with E-state index >= 15 is 0 Å². The van der Waals surface area contributed by atoms with Crippen LogP contribution < -0.4 is 0 Å². The average Bonchev–Trinajstić information content (AvgIpc) is 2.62. The van der Waals surface area contributed by atoms with Crippen LogP contribution in [0.1, 0.15) is 19.8 Å². The van der Waals surface area contributed by atoms with Gasteiger partial charge in [0, 0.05) is 0 Å². The average molecular weight is 140 g/mol. The Morgan fingerprint density at radius 1 is 1.80 bits per heavy atom. The SMILES string of the molecule is CC(=O)/C=C/CCC1CO1. The molecule has 1 aliphatic rings. The summed E-state index contributed by atoms with van der Waals surface area (Å²) >= 11 is 0. The number of allylic oxidation sites excluding steroid dienone is 2. The van der Waals surface area contributed by atoms with Gasteiger partial charge in [-0.2, -0.15) is 0 Å². The fourth-order valence-electron chi connectivity index (χ4n) is 0.766. The van der Waals surface area contributed by atoms with Crippen LogP contribution in [-0.4, -0.2) is 18.5 Å². The summed E-state index contributed by atoms with van der Waals surface area (Å²) < 4.78 is 5.00. The van der Waals surface area contributed by atoms with Crippen LogP contribution in [-0.2, 0) is 9.53 Å². The maximum Gasteiger partial charge on any atom is 0.152 e. The van der Waals surface area contributed by atoms with Crippen LogP contribution in [0.4, 0.5) is 0 Å². The molecule has 56 valence electrons. The standard InChI is InChI=1S/C8H12O2/c1-7(9)4-2-3-5-8-6-10-8/h2,4,8H,3,5-6H2,1H3/b4-2+. The third-order valence-electron chi connectivity index (χ3n) is 1.41. The predicted octanol–water partition coefficient (Wildman–Crippen LogP) is 1.31. The third-order valence-corrected chi connectivity index (χ3v) is 1.41. The number of rotatable bonds is 4. The molecule has 0 saturated carbocycles. The molecule has 0 aromatic heterocycles. The normalized spacial score (nSPS) is 23.5. The van der Waals surface area contributed by atoms with Gasteiger partial charge in [-0.15, -0.1) is 0 Å². The van der Waals surface area contributed by atoms with Crippen LogP contribution in [0.25, 0.3) is 0 Å². The van der Waals surface area contributed by atoms with Gasteiger partial charge in [0.15, 0.2) is 5.78 Å². The van der Waals surface area contributed by atoms with Crippen LogP contribution in [0.2, 0.25) is 0 Å². The van der Waals surface area contributed by atoms with Gasteiger partial charge < -0.3 is 4.74 Å². The van der Waals surface area contributed by atoms with E-state index in [1.807, 2.05) is 6.08 Å². The van der Waals surface area contributed by atoms with E-state index in [1.165, 1.54) is 0 Å². The monoisotopic (exact) mass is 140 g/mol. The number of carbonyl (C=O) groups excluding carboxylic acids is 1. The highest BCUT2D eigenvalue weighted by atomic mass is 16.6. The van der Waals surface area contributed by atoms with Gasteiger partial charge in [0.25, 0.3) is 0 Å². The van der Waals surface area contributed by atoms with Crippen molar-refractivity contribution in [1.82, 2.24) is 0 Å². The van der Waals surface area contributed by atoms with E-state index in [0.717, 1.165) is 19.4 Å². The molecule has 0 spiro atoms. The highest BCUT2D eigenvalue weighted by molar-refractivity contribution is 5.87. The summed E-state index contributed by atoms with van der Waals surface area (Å²) in [7, 11) is 0. The van der Waals surface area contributed by atoms with Crippen molar-refractivity contribution in [2.45, 2.75) is 25.9 Å². The molecular weight excluding hydrogens is 128 g/mol. The number of ketones is 1. The van der Waals surface area contributed by atoms with Crippen molar-refractivity contribution >= 4 is 5.78 Å². The molecule has 2 heteroatoms. The largest absolute Gasteiger partial charge is 0.373 e. The van der Waals surface area contributed by atoms with Gasteiger partial charge in [-0.25, -0.2) is 0 Å². The summed E-state index contributed by atoms with van der Waals surface area (Å²) in [4.78, 5) is 10.4. The topological polar surface area (TPSA) is 29.6 Å². The van der Waals surface area contributed by atoms with E-state index in [9.17, 15) is 4.79 Å². The molecule has 1 aliphatic heterocycles. The van der Waals surface area contributed by atoms with Crippen LogP contribution in [0.15, 0.2) is 12.2 Å².